The average Bonchev–Trinajstić information content (AvgIpc) is 2.80. The number of imidazole rings is 1. The van der Waals surface area contributed by atoms with E-state index < -0.39 is 11.7 Å². The van der Waals surface area contributed by atoms with Crippen LogP contribution in [-0.4, -0.2) is 14.5 Å². The maximum Gasteiger partial charge on any atom is 0.417 e. The van der Waals surface area contributed by atoms with E-state index in [-0.39, 0.29) is 10.8 Å². The second kappa shape index (κ2) is 5.98. The van der Waals surface area contributed by atoms with Gasteiger partial charge in [0, 0.05) is 13.2 Å². The predicted molar refractivity (Wildman–Crippen MR) is 87.0 cm³/mol. The number of aryl methyl sites for hydroxylation is 2. The summed E-state index contributed by atoms with van der Waals surface area (Å²) >= 11 is 5.89. The lowest BCUT2D eigenvalue weighted by Crippen LogP contribution is -2.10. The Morgan fingerprint density at radius 2 is 2.00 bits per heavy atom. The van der Waals surface area contributed by atoms with Crippen LogP contribution in [0, 0.1) is 6.92 Å². The number of rotatable bonds is 3. The number of benzene rings is 1. The molecule has 0 radical (unpaired) electrons. The fraction of sp³-hybridized carbons (Fsp3) is 0.250. The number of nitrogens with one attached hydrogen (secondary N) is 1. The molecule has 0 spiro atoms. The Bertz CT molecular complexity index is 902. The molecule has 0 aliphatic rings. The van der Waals surface area contributed by atoms with E-state index in [1.165, 1.54) is 0 Å². The van der Waals surface area contributed by atoms with E-state index >= 15 is 0 Å². The zero-order chi connectivity index (χ0) is 17.5. The van der Waals surface area contributed by atoms with Crippen LogP contribution in [0.15, 0.2) is 30.5 Å². The first-order valence-electron chi connectivity index (χ1n) is 7.14. The molecule has 1 N–H and O–H groups in total. The van der Waals surface area contributed by atoms with Crippen molar-refractivity contribution in [2.24, 2.45) is 7.05 Å². The molecule has 24 heavy (non-hydrogen) atoms. The van der Waals surface area contributed by atoms with Crippen molar-refractivity contribution in [1.82, 2.24) is 14.5 Å². The monoisotopic (exact) mass is 354 g/mol. The fourth-order valence-electron chi connectivity index (χ4n) is 2.40. The van der Waals surface area contributed by atoms with Crippen molar-refractivity contribution in [1.29, 1.82) is 0 Å². The van der Waals surface area contributed by atoms with Crippen molar-refractivity contribution in [3.8, 4) is 0 Å². The third-order valence-electron chi connectivity index (χ3n) is 3.71. The fourth-order valence-corrected chi connectivity index (χ4v) is 2.64. The summed E-state index contributed by atoms with van der Waals surface area (Å²) in [5.41, 5.74) is 2.06. The van der Waals surface area contributed by atoms with E-state index in [1.807, 2.05) is 36.7 Å². The van der Waals surface area contributed by atoms with Gasteiger partial charge in [-0.1, -0.05) is 17.7 Å². The second-order valence-corrected chi connectivity index (χ2v) is 5.89. The molecule has 0 saturated carbocycles. The van der Waals surface area contributed by atoms with Crippen LogP contribution in [-0.2, 0) is 19.8 Å². The molecule has 3 rings (SSSR count). The number of aromatic nitrogens is 3. The van der Waals surface area contributed by atoms with Gasteiger partial charge < -0.3 is 9.88 Å². The van der Waals surface area contributed by atoms with Crippen molar-refractivity contribution in [3.63, 3.8) is 0 Å². The van der Waals surface area contributed by atoms with Gasteiger partial charge in [-0.3, -0.25) is 0 Å². The predicted octanol–water partition coefficient (Wildman–Crippen LogP) is 4.56. The largest absolute Gasteiger partial charge is 0.417 e. The molecule has 0 unspecified atom stereocenters. The van der Waals surface area contributed by atoms with E-state index in [0.717, 1.165) is 34.7 Å². The summed E-state index contributed by atoms with van der Waals surface area (Å²) in [6, 6.07) is 6.80. The zero-order valence-corrected chi connectivity index (χ0v) is 13.7. The lowest BCUT2D eigenvalue weighted by atomic mass is 10.2. The Hall–Kier alpha value is -2.28. The van der Waals surface area contributed by atoms with Gasteiger partial charge in [-0.15, -0.1) is 0 Å². The van der Waals surface area contributed by atoms with Crippen LogP contribution in [0.25, 0.3) is 11.0 Å². The average molecular weight is 355 g/mol. The lowest BCUT2D eigenvalue weighted by molar-refractivity contribution is -0.137. The topological polar surface area (TPSA) is 42.7 Å². The molecule has 8 heteroatoms. The van der Waals surface area contributed by atoms with Crippen LogP contribution in [0.1, 0.15) is 17.0 Å². The second-order valence-electron chi connectivity index (χ2n) is 5.48. The minimum absolute atomic E-state index is 0.0839. The number of hydrogen-bond acceptors (Lipinski definition) is 3. The van der Waals surface area contributed by atoms with Gasteiger partial charge in [0.05, 0.1) is 28.2 Å². The molecular formula is C16H14ClF3N4. The number of hydrogen-bond donors (Lipinski definition) is 1. The van der Waals surface area contributed by atoms with Gasteiger partial charge >= 0.3 is 6.18 Å². The molecule has 0 fully saturated rings. The minimum atomic E-state index is -4.47. The van der Waals surface area contributed by atoms with Crippen LogP contribution >= 0.6 is 11.6 Å². The van der Waals surface area contributed by atoms with Crippen LogP contribution < -0.4 is 5.32 Å². The van der Waals surface area contributed by atoms with E-state index in [1.54, 1.807) is 0 Å². The van der Waals surface area contributed by atoms with E-state index in [4.69, 9.17) is 11.6 Å². The number of fused-ring (bicyclic) bond motifs is 1. The van der Waals surface area contributed by atoms with Crippen molar-refractivity contribution in [2.75, 3.05) is 5.32 Å². The first kappa shape index (κ1) is 16.6. The van der Waals surface area contributed by atoms with Gasteiger partial charge in [0.2, 0.25) is 0 Å². The molecule has 0 aliphatic carbocycles. The van der Waals surface area contributed by atoms with E-state index in [0.29, 0.717) is 6.54 Å². The quantitative estimate of drug-likeness (QED) is 0.749. The third-order valence-corrected chi connectivity index (χ3v) is 4.00. The molecule has 2 aromatic heterocycles. The summed E-state index contributed by atoms with van der Waals surface area (Å²) in [5, 5.41) is 2.85. The summed E-state index contributed by atoms with van der Waals surface area (Å²) in [5.74, 6) is 0.918. The van der Waals surface area contributed by atoms with Gasteiger partial charge in [0.1, 0.15) is 11.6 Å². The molecule has 0 saturated heterocycles. The summed E-state index contributed by atoms with van der Waals surface area (Å²) in [6.07, 6.45) is -3.71. The highest BCUT2D eigenvalue weighted by Crippen LogP contribution is 2.32. The summed E-state index contributed by atoms with van der Waals surface area (Å²) in [4.78, 5) is 8.28. The van der Waals surface area contributed by atoms with Crippen LogP contribution in [0.2, 0.25) is 5.02 Å². The number of nitrogens with zero attached hydrogens (tertiary/aromatic N) is 3. The zero-order valence-electron chi connectivity index (χ0n) is 12.9. The molecule has 0 amide bonds. The Labute approximate surface area is 141 Å². The van der Waals surface area contributed by atoms with Gasteiger partial charge in [0.25, 0.3) is 0 Å². The SMILES string of the molecule is Cc1ccc2c(c1)nc(CNc1ncc(C(F)(F)F)cc1Cl)n2C. The summed E-state index contributed by atoms with van der Waals surface area (Å²) < 4.78 is 39.8. The van der Waals surface area contributed by atoms with Crippen molar-refractivity contribution in [3.05, 3.63) is 52.4 Å². The molecule has 126 valence electrons. The number of pyridine rings is 1. The van der Waals surface area contributed by atoms with Crippen molar-refractivity contribution in [2.45, 2.75) is 19.6 Å². The molecule has 1 aromatic carbocycles. The highest BCUT2D eigenvalue weighted by Gasteiger charge is 2.31. The van der Waals surface area contributed by atoms with Gasteiger partial charge in [-0.05, 0) is 30.7 Å². The van der Waals surface area contributed by atoms with Gasteiger partial charge in [-0.2, -0.15) is 13.2 Å². The molecular weight excluding hydrogens is 341 g/mol. The molecule has 0 atom stereocenters. The van der Waals surface area contributed by atoms with Crippen molar-refractivity contribution < 1.29 is 13.2 Å². The summed E-state index contributed by atoms with van der Waals surface area (Å²) in [7, 11) is 1.88. The standard InChI is InChI=1S/C16H14ClF3N4/c1-9-3-4-13-12(5-9)23-14(24(13)2)8-22-15-11(17)6-10(7-21-15)16(18,19)20/h3-7H,8H2,1-2H3,(H,21,22). The van der Waals surface area contributed by atoms with Crippen molar-refractivity contribution >= 4 is 28.5 Å². The minimum Gasteiger partial charge on any atom is -0.362 e. The molecule has 0 aliphatic heterocycles. The highest BCUT2D eigenvalue weighted by atomic mass is 35.5. The normalized spacial score (nSPS) is 11.9. The van der Waals surface area contributed by atoms with E-state index in [2.05, 4.69) is 15.3 Å². The number of halogens is 4. The first-order chi connectivity index (χ1) is 11.3. The molecule has 0 bridgehead atoms. The Morgan fingerprint density at radius 1 is 1.25 bits per heavy atom. The maximum atomic E-state index is 12.6. The molecule has 4 nitrogen and oxygen atoms in total. The maximum absolute atomic E-state index is 12.6. The number of alkyl halides is 3. The highest BCUT2D eigenvalue weighted by molar-refractivity contribution is 6.32. The Morgan fingerprint density at radius 3 is 2.67 bits per heavy atom. The molecule has 2 heterocycles. The molecule has 3 aromatic rings. The van der Waals surface area contributed by atoms with Crippen LogP contribution in [0.3, 0.4) is 0 Å². The smallest absolute Gasteiger partial charge is 0.362 e. The Balaban J connectivity index is 1.82. The summed E-state index contributed by atoms with van der Waals surface area (Å²) in [6.45, 7) is 2.28. The number of anilines is 1. The van der Waals surface area contributed by atoms with Gasteiger partial charge in [0.15, 0.2) is 0 Å². The lowest BCUT2D eigenvalue weighted by Gasteiger charge is -2.10. The van der Waals surface area contributed by atoms with Gasteiger partial charge in [-0.25, -0.2) is 9.97 Å². The Kier molecular flexibility index (Phi) is 4.13. The van der Waals surface area contributed by atoms with Crippen LogP contribution in [0.4, 0.5) is 19.0 Å². The van der Waals surface area contributed by atoms with E-state index in [9.17, 15) is 13.2 Å². The third kappa shape index (κ3) is 3.17. The van der Waals surface area contributed by atoms with Crippen LogP contribution in [0.5, 0.6) is 0 Å². The first-order valence-corrected chi connectivity index (χ1v) is 7.52.